The summed E-state index contributed by atoms with van der Waals surface area (Å²) in [6.07, 6.45) is 0. The average molecular weight is 326 g/mol. The molecule has 1 aromatic rings. The lowest BCUT2D eigenvalue weighted by Crippen LogP contribution is -2.49. The van der Waals surface area contributed by atoms with Gasteiger partial charge in [-0.05, 0) is 23.6 Å². The van der Waals surface area contributed by atoms with Crippen LogP contribution >= 0.6 is 0 Å². The second-order valence-corrected chi connectivity index (χ2v) is 7.74. The highest BCUT2D eigenvalue weighted by Gasteiger charge is 2.28. The van der Waals surface area contributed by atoms with E-state index >= 15 is 0 Å². The third-order valence-corrected chi connectivity index (χ3v) is 5.79. The van der Waals surface area contributed by atoms with Crippen LogP contribution < -0.4 is 0 Å². The van der Waals surface area contributed by atoms with E-state index in [1.165, 1.54) is 4.31 Å². The minimum atomic E-state index is -3.50. The summed E-state index contributed by atoms with van der Waals surface area (Å²) in [4.78, 5) is 12.7. The van der Waals surface area contributed by atoms with Gasteiger partial charge in [-0.25, -0.2) is 8.42 Å². The molecule has 22 heavy (non-hydrogen) atoms. The first-order valence-corrected chi connectivity index (χ1v) is 8.79. The Kier molecular flexibility index (Phi) is 5.20. The van der Waals surface area contributed by atoms with Crippen LogP contribution in [0, 0.1) is 0 Å². The highest BCUT2D eigenvalue weighted by molar-refractivity contribution is 7.89. The fraction of sp³-hybridized carbons (Fsp3) is 0.533. The molecule has 1 N–H and O–H groups in total. The van der Waals surface area contributed by atoms with Crippen molar-refractivity contribution in [2.75, 3.05) is 32.7 Å². The van der Waals surface area contributed by atoms with Gasteiger partial charge < -0.3 is 5.11 Å². The summed E-state index contributed by atoms with van der Waals surface area (Å²) in [5.41, 5.74) is 1.10. The molecule has 0 saturated carbocycles. The predicted molar refractivity (Wildman–Crippen MR) is 83.4 cm³/mol. The largest absolute Gasteiger partial charge is 0.480 e. The van der Waals surface area contributed by atoms with E-state index in [4.69, 9.17) is 5.11 Å². The molecule has 1 aliphatic rings. The molecular weight excluding hydrogens is 304 g/mol. The van der Waals surface area contributed by atoms with Crippen LogP contribution in [0.3, 0.4) is 0 Å². The third kappa shape index (κ3) is 3.85. The number of piperazine rings is 1. The van der Waals surface area contributed by atoms with Crippen molar-refractivity contribution in [2.45, 2.75) is 24.7 Å². The fourth-order valence-corrected chi connectivity index (χ4v) is 3.92. The molecule has 0 aliphatic carbocycles. The summed E-state index contributed by atoms with van der Waals surface area (Å²) in [5.74, 6) is -0.531. The molecule has 1 aliphatic heterocycles. The molecule has 0 atom stereocenters. The third-order valence-electron chi connectivity index (χ3n) is 3.87. The Morgan fingerprint density at radius 3 is 2.14 bits per heavy atom. The smallest absolute Gasteiger partial charge is 0.317 e. The number of hydrogen-bond acceptors (Lipinski definition) is 4. The Balaban J connectivity index is 2.06. The second kappa shape index (κ2) is 6.76. The van der Waals surface area contributed by atoms with Crippen molar-refractivity contribution in [3.8, 4) is 0 Å². The summed E-state index contributed by atoms with van der Waals surface area (Å²) >= 11 is 0. The molecule has 122 valence electrons. The lowest BCUT2D eigenvalue weighted by molar-refractivity contribution is -0.138. The van der Waals surface area contributed by atoms with Crippen molar-refractivity contribution in [3.05, 3.63) is 29.8 Å². The van der Waals surface area contributed by atoms with Gasteiger partial charge in [0, 0.05) is 26.2 Å². The van der Waals surface area contributed by atoms with Crippen LogP contribution in [0.4, 0.5) is 0 Å². The summed E-state index contributed by atoms with van der Waals surface area (Å²) in [6.45, 7) is 5.60. The van der Waals surface area contributed by atoms with Gasteiger partial charge in [-0.15, -0.1) is 0 Å². The predicted octanol–water partition coefficient (Wildman–Crippen LogP) is 1.20. The fourth-order valence-electron chi connectivity index (χ4n) is 2.49. The summed E-state index contributed by atoms with van der Waals surface area (Å²) in [6, 6.07) is 6.99. The van der Waals surface area contributed by atoms with Gasteiger partial charge in [0.1, 0.15) is 0 Å². The number of nitrogens with zero attached hydrogens (tertiary/aromatic N) is 2. The molecule has 2 rings (SSSR count). The van der Waals surface area contributed by atoms with Crippen LogP contribution in [0.15, 0.2) is 29.2 Å². The quantitative estimate of drug-likeness (QED) is 0.880. The Morgan fingerprint density at radius 2 is 1.68 bits per heavy atom. The summed E-state index contributed by atoms with van der Waals surface area (Å²) in [7, 11) is -3.50. The minimum Gasteiger partial charge on any atom is -0.480 e. The van der Waals surface area contributed by atoms with E-state index in [1.807, 2.05) is 12.1 Å². The standard InChI is InChI=1S/C15H22N2O4S/c1-12(2)13-3-5-14(6-4-13)22(20,21)17-9-7-16(8-10-17)11-15(18)19/h3-6,12H,7-11H2,1-2H3,(H,18,19). The maximum absolute atomic E-state index is 12.6. The van der Waals surface area contributed by atoms with Gasteiger partial charge in [0.15, 0.2) is 0 Å². The Hall–Kier alpha value is -1.44. The number of carbonyl (C=O) groups is 1. The number of rotatable bonds is 5. The second-order valence-electron chi connectivity index (χ2n) is 5.80. The van der Waals surface area contributed by atoms with Gasteiger partial charge in [0.2, 0.25) is 10.0 Å². The molecule has 0 bridgehead atoms. The lowest BCUT2D eigenvalue weighted by atomic mass is 10.0. The Labute approximate surface area is 131 Å². The van der Waals surface area contributed by atoms with Crippen molar-refractivity contribution in [1.82, 2.24) is 9.21 Å². The minimum absolute atomic E-state index is 0.0447. The zero-order valence-corrected chi connectivity index (χ0v) is 13.7. The topological polar surface area (TPSA) is 77.9 Å². The number of carboxylic acids is 1. The SMILES string of the molecule is CC(C)c1ccc(S(=O)(=O)N2CCN(CC(=O)O)CC2)cc1. The molecule has 1 fully saturated rings. The van der Waals surface area contributed by atoms with E-state index in [-0.39, 0.29) is 6.54 Å². The van der Waals surface area contributed by atoms with Crippen molar-refractivity contribution in [2.24, 2.45) is 0 Å². The first-order valence-electron chi connectivity index (χ1n) is 7.35. The van der Waals surface area contributed by atoms with E-state index in [9.17, 15) is 13.2 Å². The molecule has 0 aromatic heterocycles. The molecule has 0 spiro atoms. The molecule has 1 heterocycles. The summed E-state index contributed by atoms with van der Waals surface area (Å²) < 4.78 is 26.6. The Morgan fingerprint density at radius 1 is 1.14 bits per heavy atom. The zero-order chi connectivity index (χ0) is 16.3. The highest BCUT2D eigenvalue weighted by atomic mass is 32.2. The van der Waals surface area contributed by atoms with E-state index in [0.29, 0.717) is 37.0 Å². The van der Waals surface area contributed by atoms with Crippen LogP contribution in [-0.2, 0) is 14.8 Å². The first kappa shape index (κ1) is 16.9. The van der Waals surface area contributed by atoms with Crippen LogP contribution in [0.1, 0.15) is 25.3 Å². The van der Waals surface area contributed by atoms with Gasteiger partial charge in [-0.1, -0.05) is 26.0 Å². The zero-order valence-electron chi connectivity index (χ0n) is 12.9. The normalized spacial score (nSPS) is 17.8. The molecule has 0 unspecified atom stereocenters. The van der Waals surface area contributed by atoms with E-state index < -0.39 is 16.0 Å². The monoisotopic (exact) mass is 326 g/mol. The molecule has 6 nitrogen and oxygen atoms in total. The number of carboxylic acid groups (broad SMARTS) is 1. The van der Waals surface area contributed by atoms with Gasteiger partial charge in [0.05, 0.1) is 11.4 Å². The van der Waals surface area contributed by atoms with Crippen LogP contribution in [0.2, 0.25) is 0 Å². The average Bonchev–Trinajstić information content (AvgIpc) is 2.47. The van der Waals surface area contributed by atoms with Crippen LogP contribution in [-0.4, -0.2) is 61.4 Å². The summed E-state index contributed by atoms with van der Waals surface area (Å²) in [5, 5.41) is 8.77. The molecular formula is C15H22N2O4S. The number of aliphatic carboxylic acids is 1. The Bertz CT molecular complexity index is 617. The molecule has 0 amide bonds. The van der Waals surface area contributed by atoms with E-state index in [0.717, 1.165) is 5.56 Å². The van der Waals surface area contributed by atoms with Crippen molar-refractivity contribution in [1.29, 1.82) is 0 Å². The molecule has 1 aromatic carbocycles. The first-order chi connectivity index (χ1) is 10.3. The number of hydrogen-bond donors (Lipinski definition) is 1. The molecule has 7 heteroatoms. The van der Waals surface area contributed by atoms with Crippen LogP contribution in [0.25, 0.3) is 0 Å². The van der Waals surface area contributed by atoms with E-state index in [1.54, 1.807) is 17.0 Å². The van der Waals surface area contributed by atoms with Crippen molar-refractivity contribution >= 4 is 16.0 Å². The van der Waals surface area contributed by atoms with Gasteiger partial charge in [-0.3, -0.25) is 9.69 Å². The highest BCUT2D eigenvalue weighted by Crippen LogP contribution is 2.21. The molecule has 0 radical (unpaired) electrons. The van der Waals surface area contributed by atoms with Crippen LogP contribution in [0.5, 0.6) is 0 Å². The van der Waals surface area contributed by atoms with Gasteiger partial charge in [-0.2, -0.15) is 4.31 Å². The maximum atomic E-state index is 12.6. The van der Waals surface area contributed by atoms with Crippen molar-refractivity contribution in [3.63, 3.8) is 0 Å². The van der Waals surface area contributed by atoms with Gasteiger partial charge >= 0.3 is 5.97 Å². The lowest BCUT2D eigenvalue weighted by Gasteiger charge is -2.33. The number of benzene rings is 1. The van der Waals surface area contributed by atoms with E-state index in [2.05, 4.69) is 13.8 Å². The van der Waals surface area contributed by atoms with Gasteiger partial charge in [0.25, 0.3) is 0 Å². The van der Waals surface area contributed by atoms with Crippen molar-refractivity contribution < 1.29 is 18.3 Å². The molecule has 1 saturated heterocycles. The maximum Gasteiger partial charge on any atom is 0.317 e. The number of sulfonamides is 1.